The summed E-state index contributed by atoms with van der Waals surface area (Å²) in [6.45, 7) is 4.02. The van der Waals surface area contributed by atoms with Gasteiger partial charge in [-0.25, -0.2) is 0 Å². The highest BCUT2D eigenvalue weighted by atomic mass is 16.5. The van der Waals surface area contributed by atoms with Crippen molar-refractivity contribution in [3.63, 3.8) is 0 Å². The summed E-state index contributed by atoms with van der Waals surface area (Å²) in [5, 5.41) is 0. The van der Waals surface area contributed by atoms with E-state index in [0.717, 1.165) is 24.2 Å². The Hall–Kier alpha value is -1.13. The first kappa shape index (κ1) is 16.2. The molecule has 1 atom stereocenters. The van der Waals surface area contributed by atoms with Gasteiger partial charge in [0.05, 0.1) is 23.9 Å². The number of hydrogen-bond acceptors (Lipinski definition) is 4. The summed E-state index contributed by atoms with van der Waals surface area (Å²) in [4.78, 5) is 4.28. The van der Waals surface area contributed by atoms with Crippen molar-refractivity contribution in [1.29, 1.82) is 0 Å². The van der Waals surface area contributed by atoms with Crippen LogP contribution in [0.1, 0.15) is 64.0 Å². The molecule has 0 spiro atoms. The zero-order valence-electron chi connectivity index (χ0n) is 13.5. The van der Waals surface area contributed by atoms with E-state index >= 15 is 0 Å². The minimum atomic E-state index is -0.269. The summed E-state index contributed by atoms with van der Waals surface area (Å²) < 4.78 is 11.6. The van der Waals surface area contributed by atoms with Crippen LogP contribution >= 0.6 is 0 Å². The molecule has 1 saturated carbocycles. The van der Waals surface area contributed by atoms with Gasteiger partial charge in [0, 0.05) is 13.3 Å². The molecule has 4 heteroatoms. The molecule has 0 bridgehead atoms. The number of nitrogens with zero attached hydrogens (tertiary/aromatic N) is 1. The maximum atomic E-state index is 6.56. The Morgan fingerprint density at radius 3 is 2.38 bits per heavy atom. The molecule has 118 valence electrons. The Morgan fingerprint density at radius 1 is 1.14 bits per heavy atom. The van der Waals surface area contributed by atoms with Crippen LogP contribution in [0, 0.1) is 0 Å². The minimum absolute atomic E-state index is 0.132. The van der Waals surface area contributed by atoms with Gasteiger partial charge in [-0.2, -0.15) is 0 Å². The van der Waals surface area contributed by atoms with Crippen molar-refractivity contribution in [1.82, 2.24) is 4.98 Å². The third kappa shape index (κ3) is 3.95. The predicted octanol–water partition coefficient (Wildman–Crippen LogP) is 3.61. The van der Waals surface area contributed by atoms with Crippen LogP contribution in [0.15, 0.2) is 18.5 Å². The molecule has 1 unspecified atom stereocenters. The number of nitrogens with two attached hydrogens (primary N) is 1. The highest BCUT2D eigenvalue weighted by Crippen LogP contribution is 2.39. The van der Waals surface area contributed by atoms with Gasteiger partial charge in [-0.1, -0.05) is 25.7 Å². The summed E-state index contributed by atoms with van der Waals surface area (Å²) in [5.41, 5.74) is 7.29. The Bertz CT molecular complexity index is 440. The lowest BCUT2D eigenvalue weighted by Crippen LogP contribution is -2.42. The first-order valence-corrected chi connectivity index (χ1v) is 8.00. The van der Waals surface area contributed by atoms with E-state index in [4.69, 9.17) is 15.2 Å². The molecule has 1 aromatic rings. The lowest BCUT2D eigenvalue weighted by Gasteiger charge is -2.37. The van der Waals surface area contributed by atoms with Crippen molar-refractivity contribution in [2.75, 3.05) is 7.11 Å². The molecule has 0 amide bonds. The second-order valence-electron chi connectivity index (χ2n) is 6.28. The summed E-state index contributed by atoms with van der Waals surface area (Å²) in [6.07, 6.45) is 10.6. The fourth-order valence-corrected chi connectivity index (χ4v) is 3.22. The van der Waals surface area contributed by atoms with E-state index in [1.165, 1.54) is 25.7 Å². The average Bonchev–Trinajstić information content (AvgIpc) is 2.72. The van der Waals surface area contributed by atoms with Crippen molar-refractivity contribution in [3.05, 3.63) is 24.0 Å². The molecule has 0 saturated heterocycles. The summed E-state index contributed by atoms with van der Waals surface area (Å²) >= 11 is 0. The zero-order valence-corrected chi connectivity index (χ0v) is 13.5. The monoisotopic (exact) mass is 292 g/mol. The molecule has 2 rings (SSSR count). The lowest BCUT2D eigenvalue weighted by molar-refractivity contribution is -0.0443. The zero-order chi connectivity index (χ0) is 15.3. The Balaban J connectivity index is 2.22. The van der Waals surface area contributed by atoms with E-state index in [2.05, 4.69) is 4.98 Å². The van der Waals surface area contributed by atoms with Gasteiger partial charge in [-0.05, 0) is 38.3 Å². The van der Waals surface area contributed by atoms with Crippen LogP contribution in [0.4, 0.5) is 0 Å². The molecule has 2 N–H and O–H groups in total. The van der Waals surface area contributed by atoms with Crippen LogP contribution in [-0.2, 0) is 4.74 Å². The molecule has 1 heterocycles. The topological polar surface area (TPSA) is 57.4 Å². The molecule has 4 nitrogen and oxygen atoms in total. The van der Waals surface area contributed by atoms with Gasteiger partial charge >= 0.3 is 0 Å². The van der Waals surface area contributed by atoms with Gasteiger partial charge in [0.1, 0.15) is 5.75 Å². The van der Waals surface area contributed by atoms with Crippen molar-refractivity contribution in [3.8, 4) is 5.75 Å². The second kappa shape index (κ2) is 7.23. The van der Waals surface area contributed by atoms with Crippen molar-refractivity contribution < 1.29 is 9.47 Å². The van der Waals surface area contributed by atoms with Gasteiger partial charge in [-0.15, -0.1) is 0 Å². The Morgan fingerprint density at radius 2 is 1.81 bits per heavy atom. The third-order valence-electron chi connectivity index (χ3n) is 4.39. The van der Waals surface area contributed by atoms with Crippen LogP contribution in [-0.4, -0.2) is 23.8 Å². The smallest absolute Gasteiger partial charge is 0.138 e. The minimum Gasteiger partial charge on any atom is -0.489 e. The maximum absolute atomic E-state index is 6.56. The van der Waals surface area contributed by atoms with Crippen molar-refractivity contribution in [2.24, 2.45) is 5.73 Å². The lowest BCUT2D eigenvalue weighted by atomic mass is 9.83. The highest BCUT2D eigenvalue weighted by molar-refractivity contribution is 5.28. The van der Waals surface area contributed by atoms with Crippen LogP contribution in [0.3, 0.4) is 0 Å². The number of rotatable bonds is 5. The third-order valence-corrected chi connectivity index (χ3v) is 4.39. The van der Waals surface area contributed by atoms with E-state index in [0.29, 0.717) is 0 Å². The molecule has 0 radical (unpaired) electrons. The number of methoxy groups -OCH3 is 1. The SMILES string of the molecule is COC1(C(N)c2cncc(OC(C)C)c2)CCCCCC1. The maximum Gasteiger partial charge on any atom is 0.138 e. The first-order valence-electron chi connectivity index (χ1n) is 8.00. The fraction of sp³-hybridized carbons (Fsp3) is 0.706. The molecule has 1 aromatic heterocycles. The van der Waals surface area contributed by atoms with E-state index in [-0.39, 0.29) is 17.7 Å². The van der Waals surface area contributed by atoms with Gasteiger partial charge in [0.25, 0.3) is 0 Å². The number of hydrogen-bond donors (Lipinski definition) is 1. The highest BCUT2D eigenvalue weighted by Gasteiger charge is 2.38. The summed E-state index contributed by atoms with van der Waals surface area (Å²) in [5.74, 6) is 0.776. The van der Waals surface area contributed by atoms with Crippen LogP contribution in [0.5, 0.6) is 5.75 Å². The summed E-state index contributed by atoms with van der Waals surface area (Å²) in [7, 11) is 1.78. The number of pyridine rings is 1. The standard InChI is InChI=1S/C17H28N2O2/c1-13(2)21-15-10-14(11-19-12-15)16(18)17(20-3)8-6-4-5-7-9-17/h10-13,16H,4-9,18H2,1-3H3. The van der Waals surface area contributed by atoms with Crippen molar-refractivity contribution >= 4 is 0 Å². The van der Waals surface area contributed by atoms with Gasteiger partial charge < -0.3 is 15.2 Å². The molecule has 0 aliphatic heterocycles. The van der Waals surface area contributed by atoms with E-state index in [1.807, 2.05) is 26.1 Å². The molecule has 1 aliphatic carbocycles. The van der Waals surface area contributed by atoms with E-state index in [9.17, 15) is 0 Å². The Labute approximate surface area is 128 Å². The summed E-state index contributed by atoms with van der Waals surface area (Å²) in [6, 6.07) is 1.84. The molecule has 0 aromatic carbocycles. The fourth-order valence-electron chi connectivity index (χ4n) is 3.22. The Kier molecular flexibility index (Phi) is 5.59. The normalized spacial score (nSPS) is 20.0. The van der Waals surface area contributed by atoms with Gasteiger partial charge in [-0.3, -0.25) is 4.98 Å². The molecular weight excluding hydrogens is 264 g/mol. The number of ether oxygens (including phenoxy) is 2. The molecular formula is C17H28N2O2. The molecule has 1 fully saturated rings. The van der Waals surface area contributed by atoms with Crippen LogP contribution in [0.25, 0.3) is 0 Å². The second-order valence-corrected chi connectivity index (χ2v) is 6.28. The number of aromatic nitrogens is 1. The molecule has 1 aliphatic rings. The van der Waals surface area contributed by atoms with E-state index < -0.39 is 0 Å². The van der Waals surface area contributed by atoms with Crippen LogP contribution in [0.2, 0.25) is 0 Å². The van der Waals surface area contributed by atoms with Crippen LogP contribution < -0.4 is 10.5 Å². The van der Waals surface area contributed by atoms with Crippen molar-refractivity contribution in [2.45, 2.75) is 70.1 Å². The quantitative estimate of drug-likeness (QED) is 0.842. The predicted molar refractivity (Wildman–Crippen MR) is 84.4 cm³/mol. The average molecular weight is 292 g/mol. The first-order chi connectivity index (χ1) is 10.1. The molecule has 21 heavy (non-hydrogen) atoms. The largest absolute Gasteiger partial charge is 0.489 e. The van der Waals surface area contributed by atoms with E-state index in [1.54, 1.807) is 13.3 Å². The van der Waals surface area contributed by atoms with Gasteiger partial charge in [0.15, 0.2) is 0 Å². The van der Waals surface area contributed by atoms with Gasteiger partial charge in [0.2, 0.25) is 0 Å².